The third kappa shape index (κ3) is 1.84. The number of H-pyrrole nitrogens is 1. The number of hydrogen-bond acceptors (Lipinski definition) is 4. The van der Waals surface area contributed by atoms with Crippen molar-refractivity contribution in [3.63, 3.8) is 0 Å². The van der Waals surface area contributed by atoms with Gasteiger partial charge in [0.1, 0.15) is 5.82 Å². The smallest absolute Gasteiger partial charge is 0.215 e. The summed E-state index contributed by atoms with van der Waals surface area (Å²) in [6.07, 6.45) is 2.31. The van der Waals surface area contributed by atoms with E-state index in [9.17, 15) is 0 Å². The predicted octanol–water partition coefficient (Wildman–Crippen LogP) is 2.25. The zero-order valence-electron chi connectivity index (χ0n) is 10.6. The van der Waals surface area contributed by atoms with E-state index in [-0.39, 0.29) is 6.10 Å². The number of aromatic amines is 1. The highest BCUT2D eigenvalue weighted by Gasteiger charge is 2.30. The van der Waals surface area contributed by atoms with Gasteiger partial charge in [-0.25, -0.2) is 4.98 Å². The SMILES string of the molecule is CCC1OCCC1c1nc2nc(OC)ccc2[nH]1. The van der Waals surface area contributed by atoms with E-state index in [0.29, 0.717) is 17.4 Å². The number of hydrogen-bond donors (Lipinski definition) is 1. The number of rotatable bonds is 3. The zero-order valence-corrected chi connectivity index (χ0v) is 10.6. The molecule has 1 aliphatic rings. The van der Waals surface area contributed by atoms with Crippen molar-refractivity contribution >= 4 is 11.2 Å². The summed E-state index contributed by atoms with van der Waals surface area (Å²) in [6.45, 7) is 2.96. The highest BCUT2D eigenvalue weighted by molar-refractivity contribution is 5.71. The third-order valence-corrected chi connectivity index (χ3v) is 3.51. The lowest BCUT2D eigenvalue weighted by molar-refractivity contribution is 0.0996. The van der Waals surface area contributed by atoms with E-state index in [2.05, 4.69) is 21.9 Å². The van der Waals surface area contributed by atoms with Gasteiger partial charge in [0, 0.05) is 18.6 Å². The molecular weight excluding hydrogens is 230 g/mol. The van der Waals surface area contributed by atoms with Crippen LogP contribution < -0.4 is 4.74 Å². The number of nitrogens with one attached hydrogen (secondary N) is 1. The standard InChI is InChI=1S/C13H17N3O2/c1-3-10-8(6-7-18-10)12-14-9-4-5-11(17-2)15-13(9)16-12/h4-5,8,10H,3,6-7H2,1-2H3,(H,14,15,16). The molecule has 0 radical (unpaired) electrons. The van der Waals surface area contributed by atoms with Gasteiger partial charge in [-0.2, -0.15) is 4.98 Å². The number of imidazole rings is 1. The minimum atomic E-state index is 0.271. The fourth-order valence-electron chi connectivity index (χ4n) is 2.55. The molecule has 1 fully saturated rings. The van der Waals surface area contributed by atoms with Gasteiger partial charge in [0.25, 0.3) is 0 Å². The van der Waals surface area contributed by atoms with Crippen LogP contribution in [0.4, 0.5) is 0 Å². The van der Waals surface area contributed by atoms with E-state index in [1.165, 1.54) is 0 Å². The molecule has 0 aromatic carbocycles. The van der Waals surface area contributed by atoms with Crippen molar-refractivity contribution < 1.29 is 9.47 Å². The van der Waals surface area contributed by atoms with Gasteiger partial charge in [-0.05, 0) is 18.9 Å². The molecule has 0 amide bonds. The molecule has 1 N–H and O–H groups in total. The first-order chi connectivity index (χ1) is 8.81. The van der Waals surface area contributed by atoms with E-state index in [0.717, 1.165) is 30.8 Å². The lowest BCUT2D eigenvalue weighted by atomic mass is 9.99. The van der Waals surface area contributed by atoms with Crippen molar-refractivity contribution in [3.05, 3.63) is 18.0 Å². The Morgan fingerprint density at radius 2 is 2.33 bits per heavy atom. The zero-order chi connectivity index (χ0) is 12.5. The van der Waals surface area contributed by atoms with Crippen molar-refractivity contribution in [2.24, 2.45) is 0 Å². The molecule has 96 valence electrons. The summed E-state index contributed by atoms with van der Waals surface area (Å²) in [7, 11) is 1.61. The maximum Gasteiger partial charge on any atom is 0.215 e. The molecule has 2 aromatic rings. The quantitative estimate of drug-likeness (QED) is 0.903. The fourth-order valence-corrected chi connectivity index (χ4v) is 2.55. The number of pyridine rings is 1. The first-order valence-electron chi connectivity index (χ1n) is 6.34. The van der Waals surface area contributed by atoms with Crippen LogP contribution in [0.25, 0.3) is 11.2 Å². The van der Waals surface area contributed by atoms with Gasteiger partial charge in [0.15, 0.2) is 5.65 Å². The van der Waals surface area contributed by atoms with Crippen molar-refractivity contribution in [1.29, 1.82) is 0 Å². The molecule has 18 heavy (non-hydrogen) atoms. The Labute approximate surface area is 106 Å². The van der Waals surface area contributed by atoms with Crippen LogP contribution >= 0.6 is 0 Å². The van der Waals surface area contributed by atoms with Crippen LogP contribution in [-0.2, 0) is 4.74 Å². The summed E-state index contributed by atoms with van der Waals surface area (Å²) in [5.41, 5.74) is 1.67. The van der Waals surface area contributed by atoms with Gasteiger partial charge in [-0.1, -0.05) is 6.92 Å². The summed E-state index contributed by atoms with van der Waals surface area (Å²) >= 11 is 0. The van der Waals surface area contributed by atoms with Crippen LogP contribution in [0.1, 0.15) is 31.5 Å². The first-order valence-corrected chi connectivity index (χ1v) is 6.34. The third-order valence-electron chi connectivity index (χ3n) is 3.51. The van der Waals surface area contributed by atoms with E-state index in [1.807, 2.05) is 12.1 Å². The van der Waals surface area contributed by atoms with Gasteiger partial charge >= 0.3 is 0 Å². The Balaban J connectivity index is 1.97. The Kier molecular flexibility index (Phi) is 2.91. The van der Waals surface area contributed by atoms with E-state index in [4.69, 9.17) is 9.47 Å². The number of ether oxygens (including phenoxy) is 2. The second kappa shape index (κ2) is 4.57. The normalized spacial score (nSPS) is 23.7. The van der Waals surface area contributed by atoms with Crippen molar-refractivity contribution in [3.8, 4) is 5.88 Å². The van der Waals surface area contributed by atoms with E-state index in [1.54, 1.807) is 7.11 Å². The molecule has 1 aliphatic heterocycles. The second-order valence-electron chi connectivity index (χ2n) is 4.56. The van der Waals surface area contributed by atoms with Crippen molar-refractivity contribution in [2.45, 2.75) is 31.8 Å². The van der Waals surface area contributed by atoms with Crippen molar-refractivity contribution in [2.75, 3.05) is 13.7 Å². The van der Waals surface area contributed by atoms with Crippen LogP contribution in [0.3, 0.4) is 0 Å². The monoisotopic (exact) mass is 247 g/mol. The highest BCUT2D eigenvalue weighted by atomic mass is 16.5. The van der Waals surface area contributed by atoms with E-state index < -0.39 is 0 Å². The summed E-state index contributed by atoms with van der Waals surface area (Å²) in [4.78, 5) is 12.3. The second-order valence-corrected chi connectivity index (χ2v) is 4.56. The molecule has 3 rings (SSSR count). The summed E-state index contributed by atoms with van der Waals surface area (Å²) < 4.78 is 10.8. The average Bonchev–Trinajstić information content (AvgIpc) is 3.03. The van der Waals surface area contributed by atoms with Gasteiger partial charge < -0.3 is 14.5 Å². The minimum absolute atomic E-state index is 0.271. The molecule has 0 spiro atoms. The average molecular weight is 247 g/mol. The predicted molar refractivity (Wildman–Crippen MR) is 67.8 cm³/mol. The molecule has 2 atom stereocenters. The summed E-state index contributed by atoms with van der Waals surface area (Å²) in [6, 6.07) is 3.79. The molecule has 5 heteroatoms. The molecule has 2 aromatic heterocycles. The highest BCUT2D eigenvalue weighted by Crippen LogP contribution is 2.32. The number of methoxy groups -OCH3 is 1. The van der Waals surface area contributed by atoms with E-state index >= 15 is 0 Å². The lowest BCUT2D eigenvalue weighted by Crippen LogP contribution is -2.14. The summed E-state index contributed by atoms with van der Waals surface area (Å²) in [5, 5.41) is 0. The molecule has 1 saturated heterocycles. The summed E-state index contributed by atoms with van der Waals surface area (Å²) in [5.74, 6) is 1.93. The first kappa shape index (κ1) is 11.5. The number of fused-ring (bicyclic) bond motifs is 1. The Hall–Kier alpha value is -1.62. The van der Waals surface area contributed by atoms with Crippen LogP contribution in [0.5, 0.6) is 5.88 Å². The molecule has 2 unspecified atom stereocenters. The fraction of sp³-hybridized carbons (Fsp3) is 0.538. The molecule has 0 bridgehead atoms. The molecule has 0 saturated carbocycles. The van der Waals surface area contributed by atoms with Gasteiger partial charge in [-0.15, -0.1) is 0 Å². The van der Waals surface area contributed by atoms with Crippen LogP contribution in [0.15, 0.2) is 12.1 Å². The Morgan fingerprint density at radius 3 is 3.11 bits per heavy atom. The van der Waals surface area contributed by atoms with Crippen LogP contribution in [0.2, 0.25) is 0 Å². The van der Waals surface area contributed by atoms with Gasteiger partial charge in [-0.3, -0.25) is 0 Å². The Bertz CT molecular complexity index is 552. The maximum atomic E-state index is 5.70. The van der Waals surface area contributed by atoms with Gasteiger partial charge in [0.05, 0.1) is 18.7 Å². The van der Waals surface area contributed by atoms with Crippen LogP contribution in [-0.4, -0.2) is 34.8 Å². The molecule has 5 nitrogen and oxygen atoms in total. The number of aromatic nitrogens is 3. The largest absolute Gasteiger partial charge is 0.481 e. The lowest BCUT2D eigenvalue weighted by Gasteiger charge is -2.13. The topological polar surface area (TPSA) is 60.0 Å². The van der Waals surface area contributed by atoms with Gasteiger partial charge in [0.2, 0.25) is 5.88 Å². The van der Waals surface area contributed by atoms with Crippen molar-refractivity contribution in [1.82, 2.24) is 15.0 Å². The minimum Gasteiger partial charge on any atom is -0.481 e. The number of nitrogens with zero attached hydrogens (tertiary/aromatic N) is 2. The van der Waals surface area contributed by atoms with Crippen LogP contribution in [0, 0.1) is 0 Å². The Morgan fingerprint density at radius 1 is 1.44 bits per heavy atom. The molecule has 0 aliphatic carbocycles. The maximum absolute atomic E-state index is 5.70. The molecular formula is C13H17N3O2. The molecule has 3 heterocycles.